The highest BCUT2D eigenvalue weighted by Crippen LogP contribution is 2.15. The predicted molar refractivity (Wildman–Crippen MR) is 190 cm³/mol. The summed E-state index contributed by atoms with van der Waals surface area (Å²) in [5.41, 5.74) is 0. The van der Waals surface area contributed by atoms with Gasteiger partial charge in [-0.25, -0.2) is 0 Å². The molecular weight excluding hydrogens is 546 g/mol. The lowest BCUT2D eigenvalue weighted by atomic mass is 10.0. The zero-order valence-corrected chi connectivity index (χ0v) is 29.0. The Bertz CT molecular complexity index is 690. The van der Waals surface area contributed by atoms with Crippen molar-refractivity contribution in [2.45, 2.75) is 199 Å². The highest BCUT2D eigenvalue weighted by Gasteiger charge is 2.20. The van der Waals surface area contributed by atoms with Crippen LogP contribution in [0.5, 0.6) is 0 Å². The number of unbranched alkanes of at least 4 members (excludes halogenated alkanes) is 20. The van der Waals surface area contributed by atoms with Crippen molar-refractivity contribution in [3.8, 4) is 0 Å². The van der Waals surface area contributed by atoms with E-state index in [1.54, 1.807) is 6.08 Å². The van der Waals surface area contributed by atoms with Gasteiger partial charge in [0.1, 0.15) is 0 Å². The first-order valence-corrected chi connectivity index (χ1v) is 18.8. The van der Waals surface area contributed by atoms with Crippen LogP contribution in [0.2, 0.25) is 0 Å². The van der Waals surface area contributed by atoms with Crippen molar-refractivity contribution in [1.82, 2.24) is 5.32 Å². The van der Waals surface area contributed by atoms with Crippen LogP contribution in [0.4, 0.5) is 0 Å². The van der Waals surface area contributed by atoms with Crippen molar-refractivity contribution in [2.75, 3.05) is 6.61 Å². The quantitative estimate of drug-likeness (QED) is 0.0435. The smallest absolute Gasteiger partial charge is 0.222 e. The van der Waals surface area contributed by atoms with Crippen LogP contribution in [0.1, 0.15) is 181 Å². The summed E-state index contributed by atoms with van der Waals surface area (Å²) < 4.78 is 0. The normalized spacial score (nSPS) is 14.2. The van der Waals surface area contributed by atoms with Gasteiger partial charge in [-0.3, -0.25) is 4.79 Å². The van der Waals surface area contributed by atoms with Crippen molar-refractivity contribution in [3.63, 3.8) is 0 Å². The SMILES string of the molecule is CC/C=C/CC/C=C/CC/C=C/C(O)C(CO)NC(=O)CC(O)CCCCCCCCCCCCCCCCCCCCC. The first kappa shape index (κ1) is 42.6. The van der Waals surface area contributed by atoms with Crippen molar-refractivity contribution in [1.29, 1.82) is 0 Å². The molecule has 0 spiro atoms. The molecule has 0 aliphatic rings. The van der Waals surface area contributed by atoms with Crippen LogP contribution >= 0.6 is 0 Å². The lowest BCUT2D eigenvalue weighted by Crippen LogP contribution is -2.45. The molecule has 44 heavy (non-hydrogen) atoms. The Morgan fingerprint density at radius 1 is 0.591 bits per heavy atom. The van der Waals surface area contributed by atoms with Gasteiger partial charge in [-0.15, -0.1) is 0 Å². The van der Waals surface area contributed by atoms with Crippen LogP contribution in [-0.4, -0.2) is 46.1 Å². The van der Waals surface area contributed by atoms with E-state index in [-0.39, 0.29) is 18.9 Å². The summed E-state index contributed by atoms with van der Waals surface area (Å²) in [7, 11) is 0. The summed E-state index contributed by atoms with van der Waals surface area (Å²) in [4.78, 5) is 12.3. The number of hydrogen-bond acceptors (Lipinski definition) is 4. The summed E-state index contributed by atoms with van der Waals surface area (Å²) in [6, 6.07) is -0.762. The maximum absolute atomic E-state index is 12.3. The van der Waals surface area contributed by atoms with E-state index in [1.165, 1.54) is 109 Å². The lowest BCUT2D eigenvalue weighted by molar-refractivity contribution is -0.124. The van der Waals surface area contributed by atoms with Crippen LogP contribution in [0, 0.1) is 0 Å². The topological polar surface area (TPSA) is 89.8 Å². The molecule has 0 aliphatic heterocycles. The summed E-state index contributed by atoms with van der Waals surface area (Å²) in [5.74, 6) is -0.332. The van der Waals surface area contributed by atoms with Gasteiger partial charge in [0.15, 0.2) is 0 Å². The third-order valence-electron chi connectivity index (χ3n) is 8.42. The van der Waals surface area contributed by atoms with E-state index in [0.29, 0.717) is 6.42 Å². The average Bonchev–Trinajstić information content (AvgIpc) is 3.01. The second-order valence-electron chi connectivity index (χ2n) is 12.8. The lowest BCUT2D eigenvalue weighted by Gasteiger charge is -2.21. The molecule has 0 saturated heterocycles. The minimum atomic E-state index is -0.955. The van der Waals surface area contributed by atoms with Crippen LogP contribution in [-0.2, 0) is 4.79 Å². The second-order valence-corrected chi connectivity index (χ2v) is 12.8. The van der Waals surface area contributed by atoms with Gasteiger partial charge in [-0.05, 0) is 38.5 Å². The molecule has 0 fully saturated rings. The van der Waals surface area contributed by atoms with Gasteiger partial charge in [0.2, 0.25) is 5.91 Å². The Morgan fingerprint density at radius 3 is 1.43 bits per heavy atom. The number of carbonyl (C=O) groups is 1. The molecule has 0 bridgehead atoms. The molecule has 4 N–H and O–H groups in total. The van der Waals surface area contributed by atoms with E-state index < -0.39 is 18.2 Å². The van der Waals surface area contributed by atoms with Crippen LogP contribution < -0.4 is 5.32 Å². The number of hydrogen-bond donors (Lipinski definition) is 4. The molecular formula is C39H73NO4. The van der Waals surface area contributed by atoms with E-state index in [1.807, 2.05) is 6.08 Å². The monoisotopic (exact) mass is 620 g/mol. The van der Waals surface area contributed by atoms with E-state index in [4.69, 9.17) is 0 Å². The Hall–Kier alpha value is -1.43. The molecule has 5 nitrogen and oxygen atoms in total. The molecule has 3 unspecified atom stereocenters. The molecule has 3 atom stereocenters. The van der Waals surface area contributed by atoms with Crippen molar-refractivity contribution < 1.29 is 20.1 Å². The van der Waals surface area contributed by atoms with Gasteiger partial charge in [-0.1, -0.05) is 172 Å². The van der Waals surface area contributed by atoms with Crippen LogP contribution in [0.15, 0.2) is 36.5 Å². The maximum atomic E-state index is 12.3. The molecule has 0 saturated carbocycles. The Balaban J connectivity index is 3.68. The van der Waals surface area contributed by atoms with Crippen molar-refractivity contribution in [2.24, 2.45) is 0 Å². The average molecular weight is 620 g/mol. The number of nitrogens with one attached hydrogen (secondary N) is 1. The number of rotatable bonds is 33. The number of amides is 1. The first-order valence-electron chi connectivity index (χ1n) is 18.8. The standard InChI is InChI=1S/C39H73NO4/c1-3-5-7-9-11-13-15-16-17-18-19-20-21-22-23-24-26-28-30-32-36(42)34-39(44)40-37(35-41)38(43)33-31-29-27-25-14-12-10-8-6-4-2/h6,8,14,25,31,33,36-38,41-43H,3-5,7,9-13,15-24,26-30,32,34-35H2,1-2H3,(H,40,44)/b8-6+,25-14+,33-31+. The molecule has 0 heterocycles. The highest BCUT2D eigenvalue weighted by atomic mass is 16.3. The predicted octanol–water partition coefficient (Wildman–Crippen LogP) is 10.0. The Kier molecular flexibility index (Phi) is 33.3. The summed E-state index contributed by atoms with van der Waals surface area (Å²) in [6.07, 6.45) is 41.4. The molecule has 0 aromatic heterocycles. The van der Waals surface area contributed by atoms with Crippen molar-refractivity contribution in [3.05, 3.63) is 36.5 Å². The summed E-state index contributed by atoms with van der Waals surface area (Å²) in [5, 5.41) is 32.9. The fourth-order valence-electron chi connectivity index (χ4n) is 5.55. The maximum Gasteiger partial charge on any atom is 0.222 e. The zero-order valence-electron chi connectivity index (χ0n) is 29.0. The molecule has 0 aliphatic carbocycles. The number of aliphatic hydroxyl groups excluding tert-OH is 3. The fraction of sp³-hybridized carbons (Fsp3) is 0.821. The molecule has 258 valence electrons. The number of allylic oxidation sites excluding steroid dienone is 5. The first-order chi connectivity index (χ1) is 21.5. The third kappa shape index (κ3) is 30.6. The Labute approximate surface area is 273 Å². The van der Waals surface area contributed by atoms with Gasteiger partial charge in [0.25, 0.3) is 0 Å². The van der Waals surface area contributed by atoms with Gasteiger partial charge < -0.3 is 20.6 Å². The van der Waals surface area contributed by atoms with E-state index in [9.17, 15) is 20.1 Å². The molecule has 0 aromatic carbocycles. The van der Waals surface area contributed by atoms with E-state index in [2.05, 4.69) is 43.5 Å². The molecule has 0 aromatic rings. The minimum absolute atomic E-state index is 0.00419. The fourth-order valence-corrected chi connectivity index (χ4v) is 5.55. The molecule has 0 radical (unpaired) electrons. The minimum Gasteiger partial charge on any atom is -0.394 e. The van der Waals surface area contributed by atoms with Crippen LogP contribution in [0.3, 0.4) is 0 Å². The molecule has 1 amide bonds. The van der Waals surface area contributed by atoms with E-state index >= 15 is 0 Å². The molecule has 0 rings (SSSR count). The van der Waals surface area contributed by atoms with Gasteiger partial charge in [0, 0.05) is 0 Å². The number of carbonyl (C=O) groups excluding carboxylic acids is 1. The zero-order chi connectivity index (χ0) is 32.4. The second kappa shape index (κ2) is 34.4. The van der Waals surface area contributed by atoms with Crippen molar-refractivity contribution >= 4 is 5.91 Å². The number of aliphatic hydroxyl groups is 3. The summed E-state index contributed by atoms with van der Waals surface area (Å²) >= 11 is 0. The highest BCUT2D eigenvalue weighted by molar-refractivity contribution is 5.76. The summed E-state index contributed by atoms with van der Waals surface area (Å²) in [6.45, 7) is 4.06. The third-order valence-corrected chi connectivity index (χ3v) is 8.42. The largest absolute Gasteiger partial charge is 0.394 e. The van der Waals surface area contributed by atoms with Crippen LogP contribution in [0.25, 0.3) is 0 Å². The van der Waals surface area contributed by atoms with Gasteiger partial charge >= 0.3 is 0 Å². The Morgan fingerprint density at radius 2 is 1.00 bits per heavy atom. The van der Waals surface area contributed by atoms with E-state index in [0.717, 1.165) is 44.9 Å². The van der Waals surface area contributed by atoms with Gasteiger partial charge in [0.05, 0.1) is 31.3 Å². The molecule has 5 heteroatoms. The van der Waals surface area contributed by atoms with Gasteiger partial charge in [-0.2, -0.15) is 0 Å².